The van der Waals surface area contributed by atoms with Crippen LogP contribution < -0.4 is 4.74 Å². The predicted molar refractivity (Wildman–Crippen MR) is 76.4 cm³/mol. The van der Waals surface area contributed by atoms with Gasteiger partial charge in [-0.1, -0.05) is 6.07 Å². The number of methoxy groups -OCH3 is 1. The Hall–Kier alpha value is -0.580. The molecule has 0 aliphatic carbocycles. The van der Waals surface area contributed by atoms with E-state index in [2.05, 4.69) is 15.9 Å². The van der Waals surface area contributed by atoms with Gasteiger partial charge >= 0.3 is 0 Å². The van der Waals surface area contributed by atoms with Crippen molar-refractivity contribution in [3.8, 4) is 5.75 Å². The van der Waals surface area contributed by atoms with Gasteiger partial charge in [0, 0.05) is 5.92 Å². The van der Waals surface area contributed by atoms with E-state index in [0.29, 0.717) is 18.4 Å². The van der Waals surface area contributed by atoms with E-state index >= 15 is 0 Å². The van der Waals surface area contributed by atoms with Crippen LogP contribution in [0.1, 0.15) is 24.8 Å². The minimum absolute atomic E-state index is 0.279. The summed E-state index contributed by atoms with van der Waals surface area (Å²) in [5.41, 5.74) is 1.13. The van der Waals surface area contributed by atoms with Gasteiger partial charge in [-0.15, -0.1) is 0 Å². The van der Waals surface area contributed by atoms with E-state index in [-0.39, 0.29) is 12.2 Å². The van der Waals surface area contributed by atoms with Crippen LogP contribution in [-0.4, -0.2) is 30.5 Å². The van der Waals surface area contributed by atoms with Crippen molar-refractivity contribution in [2.45, 2.75) is 44.0 Å². The van der Waals surface area contributed by atoms with Crippen molar-refractivity contribution in [2.24, 2.45) is 5.92 Å². The summed E-state index contributed by atoms with van der Waals surface area (Å²) >= 11 is 3.48. The topological polar surface area (TPSA) is 38.7 Å². The maximum atomic E-state index is 10.4. The molecular weight excluding hydrogens is 308 g/mol. The van der Waals surface area contributed by atoms with Crippen LogP contribution >= 0.6 is 15.9 Å². The highest BCUT2D eigenvalue weighted by atomic mass is 79.9. The predicted octanol–water partition coefficient (Wildman–Crippen LogP) is 2.93. The molecule has 4 heteroatoms. The van der Waals surface area contributed by atoms with Gasteiger partial charge < -0.3 is 14.6 Å². The Morgan fingerprint density at radius 3 is 2.89 bits per heavy atom. The van der Waals surface area contributed by atoms with E-state index < -0.39 is 0 Å². The first-order valence-electron chi connectivity index (χ1n) is 6.83. The Bertz CT molecular complexity index is 463. The molecule has 0 spiro atoms. The standard InChI is InChI=1S/C15H19BrO3/c1-18-15-4-2-9(6-12(15)16)7-13(17)11-8-10-3-5-14(11)19-10/h2,4,6,10-11,13-14,17H,3,5,7-8H2,1H3. The van der Waals surface area contributed by atoms with E-state index in [1.165, 1.54) is 6.42 Å². The summed E-state index contributed by atoms with van der Waals surface area (Å²) in [5, 5.41) is 10.4. The van der Waals surface area contributed by atoms with Crippen molar-refractivity contribution in [1.82, 2.24) is 0 Å². The first-order valence-corrected chi connectivity index (χ1v) is 7.62. The molecule has 4 unspecified atom stereocenters. The quantitative estimate of drug-likeness (QED) is 0.924. The van der Waals surface area contributed by atoms with Gasteiger partial charge in [-0.3, -0.25) is 0 Å². The minimum Gasteiger partial charge on any atom is -0.496 e. The molecule has 3 nitrogen and oxygen atoms in total. The lowest BCUT2D eigenvalue weighted by atomic mass is 9.83. The summed E-state index contributed by atoms with van der Waals surface area (Å²) in [6, 6.07) is 5.97. The van der Waals surface area contributed by atoms with Crippen LogP contribution in [0.5, 0.6) is 5.75 Å². The molecule has 1 aromatic carbocycles. The SMILES string of the molecule is COc1ccc(CC(O)C2CC3CCC2O3)cc1Br. The molecule has 3 rings (SSSR count). The number of fused-ring (bicyclic) bond motifs is 2. The Labute approximate surface area is 122 Å². The molecular formula is C15H19BrO3. The van der Waals surface area contributed by atoms with Gasteiger partial charge in [-0.25, -0.2) is 0 Å². The molecule has 0 amide bonds. The summed E-state index contributed by atoms with van der Waals surface area (Å²) in [5.74, 6) is 1.13. The summed E-state index contributed by atoms with van der Waals surface area (Å²) in [6.07, 6.45) is 4.34. The van der Waals surface area contributed by atoms with Crippen molar-refractivity contribution < 1.29 is 14.6 Å². The molecule has 19 heavy (non-hydrogen) atoms. The minimum atomic E-state index is -0.310. The molecule has 0 radical (unpaired) electrons. The molecule has 1 N–H and O–H groups in total. The van der Waals surface area contributed by atoms with Crippen LogP contribution in [0, 0.1) is 5.92 Å². The largest absolute Gasteiger partial charge is 0.496 e. The van der Waals surface area contributed by atoms with Crippen LogP contribution in [0.15, 0.2) is 22.7 Å². The molecule has 2 fully saturated rings. The Kier molecular flexibility index (Phi) is 3.83. The lowest BCUT2D eigenvalue weighted by Crippen LogP contribution is -2.30. The monoisotopic (exact) mass is 326 g/mol. The number of ether oxygens (including phenoxy) is 2. The highest BCUT2D eigenvalue weighted by Crippen LogP contribution is 2.41. The number of aliphatic hydroxyl groups excluding tert-OH is 1. The number of aliphatic hydroxyl groups is 1. The number of hydrogen-bond donors (Lipinski definition) is 1. The fourth-order valence-corrected chi connectivity index (χ4v) is 3.90. The zero-order chi connectivity index (χ0) is 13.4. The maximum Gasteiger partial charge on any atom is 0.133 e. The first-order chi connectivity index (χ1) is 9.17. The van der Waals surface area contributed by atoms with Gasteiger partial charge in [0.05, 0.1) is 29.9 Å². The molecule has 2 heterocycles. The third kappa shape index (κ3) is 2.67. The number of benzene rings is 1. The molecule has 2 aliphatic rings. The van der Waals surface area contributed by atoms with Crippen LogP contribution in [0.2, 0.25) is 0 Å². The van der Waals surface area contributed by atoms with E-state index in [0.717, 1.165) is 28.6 Å². The Balaban J connectivity index is 1.66. The third-order valence-electron chi connectivity index (χ3n) is 4.31. The van der Waals surface area contributed by atoms with Crippen LogP contribution in [0.4, 0.5) is 0 Å². The summed E-state index contributed by atoms with van der Waals surface area (Å²) in [7, 11) is 1.65. The maximum absolute atomic E-state index is 10.4. The van der Waals surface area contributed by atoms with Crippen LogP contribution in [-0.2, 0) is 11.2 Å². The summed E-state index contributed by atoms with van der Waals surface area (Å²) in [6.45, 7) is 0. The third-order valence-corrected chi connectivity index (χ3v) is 4.93. The molecule has 0 saturated carbocycles. The fraction of sp³-hybridized carbons (Fsp3) is 0.600. The molecule has 0 aromatic heterocycles. The van der Waals surface area contributed by atoms with Gasteiger partial charge in [0.2, 0.25) is 0 Å². The van der Waals surface area contributed by atoms with Crippen molar-refractivity contribution in [3.63, 3.8) is 0 Å². The van der Waals surface area contributed by atoms with Gasteiger partial charge in [-0.2, -0.15) is 0 Å². The van der Waals surface area contributed by atoms with Crippen molar-refractivity contribution in [3.05, 3.63) is 28.2 Å². The average molecular weight is 327 g/mol. The van der Waals surface area contributed by atoms with Gasteiger partial charge in [-0.05, 0) is 59.3 Å². The second kappa shape index (κ2) is 5.43. The van der Waals surface area contributed by atoms with Crippen molar-refractivity contribution in [2.75, 3.05) is 7.11 Å². The molecule has 4 atom stereocenters. The van der Waals surface area contributed by atoms with Gasteiger partial charge in [0.25, 0.3) is 0 Å². The smallest absolute Gasteiger partial charge is 0.133 e. The Morgan fingerprint density at radius 1 is 1.47 bits per heavy atom. The van der Waals surface area contributed by atoms with Crippen LogP contribution in [0.3, 0.4) is 0 Å². The summed E-state index contributed by atoms with van der Waals surface area (Å²) < 4.78 is 12.0. The van der Waals surface area contributed by atoms with E-state index in [1.54, 1.807) is 7.11 Å². The zero-order valence-corrected chi connectivity index (χ0v) is 12.6. The highest BCUT2D eigenvalue weighted by molar-refractivity contribution is 9.10. The van der Waals surface area contributed by atoms with Crippen LogP contribution in [0.25, 0.3) is 0 Å². The first kappa shape index (κ1) is 13.4. The fourth-order valence-electron chi connectivity index (χ4n) is 3.31. The lowest BCUT2D eigenvalue weighted by Gasteiger charge is -2.24. The molecule has 2 bridgehead atoms. The average Bonchev–Trinajstić information content (AvgIpc) is 3.01. The Morgan fingerprint density at radius 2 is 2.32 bits per heavy atom. The molecule has 104 valence electrons. The zero-order valence-electron chi connectivity index (χ0n) is 11.0. The van der Waals surface area contributed by atoms with Gasteiger partial charge in [0.1, 0.15) is 5.75 Å². The highest BCUT2D eigenvalue weighted by Gasteiger charge is 2.43. The lowest BCUT2D eigenvalue weighted by molar-refractivity contribution is 0.0431. The van der Waals surface area contributed by atoms with E-state index in [1.807, 2.05) is 18.2 Å². The number of halogens is 1. The molecule has 2 aliphatic heterocycles. The number of hydrogen-bond acceptors (Lipinski definition) is 3. The second-order valence-electron chi connectivity index (χ2n) is 5.51. The summed E-state index contributed by atoms with van der Waals surface area (Å²) in [4.78, 5) is 0. The van der Waals surface area contributed by atoms with E-state index in [9.17, 15) is 5.11 Å². The normalized spacial score (nSPS) is 30.6. The molecule has 2 saturated heterocycles. The number of rotatable bonds is 4. The van der Waals surface area contributed by atoms with E-state index in [4.69, 9.17) is 9.47 Å². The van der Waals surface area contributed by atoms with Gasteiger partial charge in [0.15, 0.2) is 0 Å². The van der Waals surface area contributed by atoms with Crippen molar-refractivity contribution >= 4 is 15.9 Å². The molecule has 1 aromatic rings. The van der Waals surface area contributed by atoms with Crippen molar-refractivity contribution in [1.29, 1.82) is 0 Å². The second-order valence-corrected chi connectivity index (χ2v) is 6.37.